The molecule has 1 aliphatic heterocycles. The molecule has 1 N–H and O–H groups in total. The molecule has 6 nitrogen and oxygen atoms in total. The molecule has 0 radical (unpaired) electrons. The fourth-order valence-corrected chi connectivity index (χ4v) is 4.05. The minimum absolute atomic E-state index is 0.0153. The molecule has 0 spiro atoms. The Balaban J connectivity index is 1.47. The molecule has 3 heterocycles. The number of likely N-dealkylation sites (tertiary alicyclic amines) is 1. The Hall–Kier alpha value is -1.93. The third-order valence-corrected chi connectivity index (χ3v) is 5.68. The molecule has 1 saturated heterocycles. The number of aromatic nitrogens is 2. The van der Waals surface area contributed by atoms with Gasteiger partial charge in [0.2, 0.25) is 5.91 Å². The molecule has 132 valence electrons. The van der Waals surface area contributed by atoms with Gasteiger partial charge in [0, 0.05) is 43.3 Å². The third-order valence-electron chi connectivity index (χ3n) is 4.09. The molecule has 0 unspecified atom stereocenters. The van der Waals surface area contributed by atoms with E-state index in [1.807, 2.05) is 23.1 Å². The highest BCUT2D eigenvalue weighted by Crippen LogP contribution is 2.23. The van der Waals surface area contributed by atoms with Crippen LogP contribution in [0.15, 0.2) is 34.4 Å². The second-order valence-corrected chi connectivity index (χ2v) is 8.45. The van der Waals surface area contributed by atoms with E-state index in [0.717, 1.165) is 21.5 Å². The van der Waals surface area contributed by atoms with Crippen molar-refractivity contribution < 1.29 is 9.59 Å². The summed E-state index contributed by atoms with van der Waals surface area (Å²) in [5, 5.41) is 7.02. The first-order valence-corrected chi connectivity index (χ1v) is 9.64. The van der Waals surface area contributed by atoms with E-state index >= 15 is 0 Å². The first-order chi connectivity index (χ1) is 12.0. The quantitative estimate of drug-likeness (QED) is 0.770. The van der Waals surface area contributed by atoms with Crippen LogP contribution in [0, 0.1) is 0 Å². The normalized spacial score (nSPS) is 15.7. The molecule has 1 aliphatic rings. The lowest BCUT2D eigenvalue weighted by Crippen LogP contribution is -2.46. The molecular weight excluding hydrogens is 404 g/mol. The summed E-state index contributed by atoms with van der Waals surface area (Å²) >= 11 is 5.00. The van der Waals surface area contributed by atoms with E-state index in [4.69, 9.17) is 0 Å². The number of amides is 2. The summed E-state index contributed by atoms with van der Waals surface area (Å²) < 4.78 is 2.65. The predicted octanol–water partition coefficient (Wildman–Crippen LogP) is 2.68. The van der Waals surface area contributed by atoms with Crippen LogP contribution in [-0.4, -0.2) is 45.6 Å². The third kappa shape index (κ3) is 4.79. The Labute approximate surface area is 158 Å². The van der Waals surface area contributed by atoms with Crippen molar-refractivity contribution >= 4 is 45.2 Å². The summed E-state index contributed by atoms with van der Waals surface area (Å²) in [4.78, 5) is 27.3. The van der Waals surface area contributed by atoms with Gasteiger partial charge in [0.05, 0.1) is 15.5 Å². The van der Waals surface area contributed by atoms with Gasteiger partial charge in [-0.2, -0.15) is 5.10 Å². The maximum atomic E-state index is 12.3. The van der Waals surface area contributed by atoms with Gasteiger partial charge < -0.3 is 10.2 Å². The summed E-state index contributed by atoms with van der Waals surface area (Å²) in [7, 11) is 1.78. The van der Waals surface area contributed by atoms with Crippen LogP contribution in [0.2, 0.25) is 0 Å². The molecule has 2 aromatic heterocycles. The van der Waals surface area contributed by atoms with Gasteiger partial charge in [0.25, 0.3) is 5.91 Å². The van der Waals surface area contributed by atoms with Crippen molar-refractivity contribution in [2.45, 2.75) is 18.9 Å². The number of piperidine rings is 1. The Kier molecular flexibility index (Phi) is 5.70. The van der Waals surface area contributed by atoms with Crippen LogP contribution in [0.1, 0.15) is 28.1 Å². The number of aryl methyl sites for hydroxylation is 1. The number of rotatable bonds is 4. The van der Waals surface area contributed by atoms with Crippen molar-refractivity contribution in [2.24, 2.45) is 7.05 Å². The SMILES string of the molecule is Cn1cc(C(=O)NC2CCN(C(=O)/C=C/c3ccc(Br)s3)CC2)cn1. The monoisotopic (exact) mass is 422 g/mol. The number of hydrogen-bond donors (Lipinski definition) is 1. The van der Waals surface area contributed by atoms with Crippen molar-refractivity contribution in [2.75, 3.05) is 13.1 Å². The van der Waals surface area contributed by atoms with Crippen LogP contribution in [0.5, 0.6) is 0 Å². The van der Waals surface area contributed by atoms with E-state index in [1.165, 1.54) is 0 Å². The van der Waals surface area contributed by atoms with Crippen molar-refractivity contribution in [3.8, 4) is 0 Å². The first-order valence-electron chi connectivity index (χ1n) is 8.03. The Morgan fingerprint density at radius 1 is 1.36 bits per heavy atom. The highest BCUT2D eigenvalue weighted by molar-refractivity contribution is 9.11. The molecule has 8 heteroatoms. The Morgan fingerprint density at radius 2 is 2.12 bits per heavy atom. The first kappa shape index (κ1) is 17.9. The molecule has 0 aromatic carbocycles. The zero-order valence-corrected chi connectivity index (χ0v) is 16.2. The molecule has 1 fully saturated rings. The summed E-state index contributed by atoms with van der Waals surface area (Å²) in [6.07, 6.45) is 8.23. The van der Waals surface area contributed by atoms with E-state index in [9.17, 15) is 9.59 Å². The molecular formula is C17H19BrN4O2S. The van der Waals surface area contributed by atoms with E-state index in [-0.39, 0.29) is 17.9 Å². The fraction of sp³-hybridized carbons (Fsp3) is 0.353. The number of carbonyl (C=O) groups excluding carboxylic acids is 2. The van der Waals surface area contributed by atoms with Gasteiger partial charge in [-0.15, -0.1) is 11.3 Å². The maximum Gasteiger partial charge on any atom is 0.254 e. The van der Waals surface area contributed by atoms with Crippen LogP contribution in [0.3, 0.4) is 0 Å². The van der Waals surface area contributed by atoms with Crippen molar-refractivity contribution in [3.05, 3.63) is 44.8 Å². The minimum Gasteiger partial charge on any atom is -0.349 e. The van der Waals surface area contributed by atoms with Crippen molar-refractivity contribution in [1.29, 1.82) is 0 Å². The Bertz CT molecular complexity index is 790. The van der Waals surface area contributed by atoms with E-state index < -0.39 is 0 Å². The molecule has 2 amide bonds. The standard InChI is InChI=1S/C17H19BrN4O2S/c1-21-11-12(10-19-21)17(24)20-13-6-8-22(9-7-13)16(23)5-3-14-2-4-15(18)25-14/h2-5,10-11,13H,6-9H2,1H3,(H,20,24)/b5-3+. The van der Waals surface area contributed by atoms with Gasteiger partial charge in [0.1, 0.15) is 0 Å². The largest absolute Gasteiger partial charge is 0.349 e. The summed E-state index contributed by atoms with van der Waals surface area (Å²) in [5.41, 5.74) is 0.561. The zero-order valence-electron chi connectivity index (χ0n) is 13.8. The van der Waals surface area contributed by atoms with Gasteiger partial charge >= 0.3 is 0 Å². The number of nitrogens with zero attached hydrogens (tertiary/aromatic N) is 3. The highest BCUT2D eigenvalue weighted by Gasteiger charge is 2.23. The number of carbonyl (C=O) groups is 2. The van der Waals surface area contributed by atoms with Gasteiger partial charge in [-0.3, -0.25) is 14.3 Å². The summed E-state index contributed by atoms with van der Waals surface area (Å²) in [6, 6.07) is 4.03. The summed E-state index contributed by atoms with van der Waals surface area (Å²) in [6.45, 7) is 1.30. The number of halogens is 1. The average Bonchev–Trinajstić information content (AvgIpc) is 3.21. The lowest BCUT2D eigenvalue weighted by Gasteiger charge is -2.31. The molecule has 0 saturated carbocycles. The molecule has 0 bridgehead atoms. The van der Waals surface area contributed by atoms with Crippen LogP contribution in [-0.2, 0) is 11.8 Å². The van der Waals surface area contributed by atoms with E-state index in [2.05, 4.69) is 26.3 Å². The molecule has 25 heavy (non-hydrogen) atoms. The predicted molar refractivity (Wildman–Crippen MR) is 101 cm³/mol. The zero-order chi connectivity index (χ0) is 17.8. The number of nitrogens with one attached hydrogen (secondary N) is 1. The van der Waals surface area contributed by atoms with Crippen LogP contribution in [0.4, 0.5) is 0 Å². The number of hydrogen-bond acceptors (Lipinski definition) is 4. The van der Waals surface area contributed by atoms with Gasteiger partial charge in [-0.25, -0.2) is 0 Å². The second kappa shape index (κ2) is 7.97. The lowest BCUT2D eigenvalue weighted by atomic mass is 10.0. The van der Waals surface area contributed by atoms with Crippen molar-refractivity contribution in [1.82, 2.24) is 20.0 Å². The van der Waals surface area contributed by atoms with Crippen LogP contribution in [0.25, 0.3) is 6.08 Å². The molecule has 3 rings (SSSR count). The van der Waals surface area contributed by atoms with Crippen LogP contribution >= 0.6 is 27.3 Å². The lowest BCUT2D eigenvalue weighted by molar-refractivity contribution is -0.126. The van der Waals surface area contributed by atoms with E-state index in [1.54, 1.807) is 41.5 Å². The van der Waals surface area contributed by atoms with Gasteiger partial charge in [0.15, 0.2) is 0 Å². The summed E-state index contributed by atoms with van der Waals surface area (Å²) in [5.74, 6) is -0.0948. The molecule has 0 atom stereocenters. The average molecular weight is 423 g/mol. The van der Waals surface area contributed by atoms with Crippen LogP contribution < -0.4 is 5.32 Å². The number of thiophene rings is 1. The molecule has 0 aliphatic carbocycles. The highest BCUT2D eigenvalue weighted by atomic mass is 79.9. The maximum absolute atomic E-state index is 12.3. The van der Waals surface area contributed by atoms with E-state index in [0.29, 0.717) is 18.7 Å². The minimum atomic E-state index is -0.110. The topological polar surface area (TPSA) is 67.2 Å². The Morgan fingerprint density at radius 3 is 2.72 bits per heavy atom. The van der Waals surface area contributed by atoms with Gasteiger partial charge in [-0.05, 0) is 47.0 Å². The second-order valence-electron chi connectivity index (χ2n) is 5.95. The fourth-order valence-electron chi connectivity index (χ4n) is 2.73. The smallest absolute Gasteiger partial charge is 0.254 e. The van der Waals surface area contributed by atoms with Crippen molar-refractivity contribution in [3.63, 3.8) is 0 Å². The molecule has 2 aromatic rings. The van der Waals surface area contributed by atoms with Gasteiger partial charge in [-0.1, -0.05) is 0 Å².